The average molecular weight is 307 g/mol. The molecule has 1 atom stereocenters. The molecule has 0 aromatic carbocycles. The number of ether oxygens (including phenoxy) is 1. The summed E-state index contributed by atoms with van der Waals surface area (Å²) < 4.78 is 19.4. The van der Waals surface area contributed by atoms with E-state index in [1.54, 1.807) is 0 Å². The topological polar surface area (TPSA) is 49.7 Å². The van der Waals surface area contributed by atoms with E-state index in [4.69, 9.17) is 14.0 Å². The highest BCUT2D eigenvalue weighted by atomic mass is 16.7. The number of aryl methyl sites for hydroxylation is 1. The Morgan fingerprint density at radius 1 is 1.32 bits per heavy atom. The van der Waals surface area contributed by atoms with Crippen LogP contribution in [0.4, 0.5) is 0 Å². The van der Waals surface area contributed by atoms with Crippen LogP contribution in [-0.2, 0) is 25.9 Å². The Balaban J connectivity index is 2.26. The van der Waals surface area contributed by atoms with Gasteiger partial charge in [0.15, 0.2) is 0 Å². The van der Waals surface area contributed by atoms with Gasteiger partial charge in [-0.2, -0.15) is 0 Å². The molecule has 0 radical (unpaired) electrons. The molecule has 22 heavy (non-hydrogen) atoms. The molecule has 1 saturated heterocycles. The highest BCUT2D eigenvalue weighted by Gasteiger charge is 2.54. The molecule has 1 aromatic heterocycles. The largest absolute Gasteiger partial charge is 0.467 e. The van der Waals surface area contributed by atoms with Gasteiger partial charge in [0.2, 0.25) is 0 Å². The van der Waals surface area contributed by atoms with Gasteiger partial charge in [0, 0.05) is 24.8 Å². The zero-order chi connectivity index (χ0) is 16.5. The van der Waals surface area contributed by atoms with Gasteiger partial charge in [0.05, 0.1) is 24.2 Å². The highest BCUT2D eigenvalue weighted by molar-refractivity contribution is 6.48. The summed E-state index contributed by atoms with van der Waals surface area (Å²) >= 11 is 0. The number of aromatic nitrogens is 1. The van der Waals surface area contributed by atoms with Crippen molar-refractivity contribution in [3.05, 3.63) is 24.0 Å². The number of carbonyl (C=O) groups excluding carboxylic acids is 1. The number of esters is 1. The summed E-state index contributed by atoms with van der Waals surface area (Å²) in [7, 11) is 1.49. The molecule has 0 aliphatic carbocycles. The van der Waals surface area contributed by atoms with Crippen LogP contribution in [0.25, 0.3) is 0 Å². The van der Waals surface area contributed by atoms with Crippen LogP contribution in [0.5, 0.6) is 0 Å². The second kappa shape index (κ2) is 6.09. The van der Waals surface area contributed by atoms with Crippen molar-refractivity contribution in [1.82, 2.24) is 4.57 Å². The van der Waals surface area contributed by atoms with Crippen LogP contribution in [0.15, 0.2) is 18.3 Å². The monoisotopic (exact) mass is 307 g/mol. The fourth-order valence-corrected chi connectivity index (χ4v) is 2.65. The second-order valence-corrected chi connectivity index (χ2v) is 6.78. The van der Waals surface area contributed by atoms with Crippen LogP contribution in [0.3, 0.4) is 0 Å². The van der Waals surface area contributed by atoms with Gasteiger partial charge in [-0.05, 0) is 46.8 Å². The molecule has 0 amide bonds. The SMILES string of the molecule is CCOC(=O)CC(B1OC(C)(C)C(C)(C)O1)c1cccn1C. The Morgan fingerprint density at radius 2 is 1.91 bits per heavy atom. The number of nitrogens with zero attached hydrogens (tertiary/aromatic N) is 1. The van der Waals surface area contributed by atoms with Crippen LogP contribution in [-0.4, -0.2) is 35.5 Å². The van der Waals surface area contributed by atoms with E-state index in [1.807, 2.05) is 64.6 Å². The van der Waals surface area contributed by atoms with Gasteiger partial charge in [-0.15, -0.1) is 0 Å². The van der Waals surface area contributed by atoms with E-state index in [0.717, 1.165) is 5.69 Å². The molecule has 1 aliphatic heterocycles. The van der Waals surface area contributed by atoms with E-state index in [2.05, 4.69) is 0 Å². The lowest BCUT2D eigenvalue weighted by Crippen LogP contribution is -2.41. The van der Waals surface area contributed by atoms with Crippen LogP contribution < -0.4 is 0 Å². The van der Waals surface area contributed by atoms with E-state index in [-0.39, 0.29) is 18.2 Å². The minimum atomic E-state index is -0.469. The van der Waals surface area contributed by atoms with E-state index in [0.29, 0.717) is 6.61 Å². The molecule has 0 saturated carbocycles. The van der Waals surface area contributed by atoms with Crippen molar-refractivity contribution < 1.29 is 18.8 Å². The molecule has 6 heteroatoms. The van der Waals surface area contributed by atoms with E-state index in [9.17, 15) is 4.79 Å². The normalized spacial score (nSPS) is 20.9. The minimum Gasteiger partial charge on any atom is -0.466 e. The lowest BCUT2D eigenvalue weighted by Gasteiger charge is -2.32. The maximum atomic E-state index is 12.0. The predicted octanol–water partition coefficient (Wildman–Crippen LogP) is 2.69. The fraction of sp³-hybridized carbons (Fsp3) is 0.688. The highest BCUT2D eigenvalue weighted by Crippen LogP contribution is 2.41. The van der Waals surface area contributed by atoms with Gasteiger partial charge >= 0.3 is 13.1 Å². The van der Waals surface area contributed by atoms with Gasteiger partial charge in [-0.3, -0.25) is 4.79 Å². The van der Waals surface area contributed by atoms with E-state index in [1.165, 1.54) is 0 Å². The predicted molar refractivity (Wildman–Crippen MR) is 85.5 cm³/mol. The van der Waals surface area contributed by atoms with Crippen molar-refractivity contribution in [1.29, 1.82) is 0 Å². The van der Waals surface area contributed by atoms with Gasteiger partial charge in [0.1, 0.15) is 0 Å². The quantitative estimate of drug-likeness (QED) is 0.620. The number of hydrogen-bond acceptors (Lipinski definition) is 4. The van der Waals surface area contributed by atoms with Crippen molar-refractivity contribution >= 4 is 13.1 Å². The first-order chi connectivity index (χ1) is 10.2. The Kier molecular flexibility index (Phi) is 4.73. The molecule has 0 N–H and O–H groups in total. The van der Waals surface area contributed by atoms with Crippen LogP contribution in [0.2, 0.25) is 0 Å². The summed E-state index contributed by atoms with van der Waals surface area (Å²) in [6.07, 6.45) is 2.20. The molecule has 1 aliphatic rings. The second-order valence-electron chi connectivity index (χ2n) is 6.78. The number of hydrogen-bond donors (Lipinski definition) is 0. The molecule has 0 bridgehead atoms. The lowest BCUT2D eigenvalue weighted by molar-refractivity contribution is -0.143. The summed E-state index contributed by atoms with van der Waals surface area (Å²) in [5, 5.41) is 0. The third kappa shape index (κ3) is 3.23. The maximum absolute atomic E-state index is 12.0. The number of carbonyl (C=O) groups is 1. The third-order valence-electron chi connectivity index (χ3n) is 4.66. The third-order valence-corrected chi connectivity index (χ3v) is 4.66. The lowest BCUT2D eigenvalue weighted by atomic mass is 9.68. The fourth-order valence-electron chi connectivity index (χ4n) is 2.65. The van der Waals surface area contributed by atoms with Crippen LogP contribution in [0.1, 0.15) is 52.6 Å². The minimum absolute atomic E-state index is 0.194. The number of rotatable bonds is 5. The Morgan fingerprint density at radius 3 is 2.36 bits per heavy atom. The maximum Gasteiger partial charge on any atom is 0.467 e. The van der Waals surface area contributed by atoms with Gasteiger partial charge in [-0.25, -0.2) is 0 Å². The Hall–Kier alpha value is -1.27. The van der Waals surface area contributed by atoms with Crippen molar-refractivity contribution in [2.45, 2.75) is 58.1 Å². The Labute approximate surface area is 133 Å². The summed E-state index contributed by atoms with van der Waals surface area (Å²) in [5.74, 6) is -0.427. The van der Waals surface area contributed by atoms with Crippen molar-refractivity contribution in [2.75, 3.05) is 6.61 Å². The summed E-state index contributed by atoms with van der Waals surface area (Å²) in [5.41, 5.74) is 0.164. The molecule has 122 valence electrons. The average Bonchev–Trinajstić information content (AvgIpc) is 2.89. The van der Waals surface area contributed by atoms with Crippen molar-refractivity contribution in [2.24, 2.45) is 7.05 Å². The van der Waals surface area contributed by atoms with Crippen molar-refractivity contribution in [3.63, 3.8) is 0 Å². The standard InChI is InChI=1S/C16H26BNO4/c1-7-20-14(19)11-12(13-9-8-10-18(13)6)17-21-15(2,3)16(4,5)22-17/h8-10,12H,7,11H2,1-6H3. The summed E-state index contributed by atoms with van der Waals surface area (Å²) in [6, 6.07) is 3.95. The first-order valence-corrected chi connectivity index (χ1v) is 7.80. The molecule has 1 unspecified atom stereocenters. The summed E-state index contributed by atoms with van der Waals surface area (Å²) in [6.45, 7) is 10.2. The first-order valence-electron chi connectivity index (χ1n) is 7.80. The van der Waals surface area contributed by atoms with Crippen LogP contribution >= 0.6 is 0 Å². The van der Waals surface area contributed by atoms with E-state index < -0.39 is 18.3 Å². The smallest absolute Gasteiger partial charge is 0.466 e. The Bertz CT molecular complexity index is 522. The van der Waals surface area contributed by atoms with Gasteiger partial charge in [0.25, 0.3) is 0 Å². The molecule has 2 rings (SSSR count). The molecule has 0 spiro atoms. The van der Waals surface area contributed by atoms with E-state index >= 15 is 0 Å². The first kappa shape index (κ1) is 17.1. The van der Waals surface area contributed by atoms with Crippen molar-refractivity contribution in [3.8, 4) is 0 Å². The molecule has 5 nitrogen and oxygen atoms in total. The molecular formula is C16H26BNO4. The summed E-state index contributed by atoms with van der Waals surface area (Å²) in [4.78, 5) is 12.0. The zero-order valence-corrected chi connectivity index (χ0v) is 14.4. The molecular weight excluding hydrogens is 281 g/mol. The molecule has 2 heterocycles. The van der Waals surface area contributed by atoms with Gasteiger partial charge < -0.3 is 18.6 Å². The molecule has 1 fully saturated rings. The van der Waals surface area contributed by atoms with Crippen LogP contribution in [0, 0.1) is 0 Å². The van der Waals surface area contributed by atoms with Gasteiger partial charge in [-0.1, -0.05) is 0 Å². The zero-order valence-electron chi connectivity index (χ0n) is 14.4. The molecule has 1 aromatic rings.